The van der Waals surface area contributed by atoms with Crippen LogP contribution in [0.1, 0.15) is 23.6 Å². The molecule has 2 aromatic carbocycles. The molecule has 0 saturated carbocycles. The lowest BCUT2D eigenvalue weighted by atomic mass is 10.1. The van der Waals surface area contributed by atoms with Crippen LogP contribution in [0.5, 0.6) is 23.0 Å². The lowest BCUT2D eigenvalue weighted by Gasteiger charge is -2.12. The summed E-state index contributed by atoms with van der Waals surface area (Å²) in [4.78, 5) is 0. The number of hydrogen-bond donors (Lipinski definition) is 1. The molecule has 1 atom stereocenters. The van der Waals surface area contributed by atoms with E-state index in [9.17, 15) is 0 Å². The van der Waals surface area contributed by atoms with Crippen molar-refractivity contribution in [2.24, 2.45) is 0 Å². The van der Waals surface area contributed by atoms with Crippen LogP contribution in [0, 0.1) is 0 Å². The first kappa shape index (κ1) is 15.1. The largest absolute Gasteiger partial charge is 0.496 e. The fourth-order valence-corrected chi connectivity index (χ4v) is 3.20. The zero-order valence-electron chi connectivity index (χ0n) is 13.9. The zero-order valence-corrected chi connectivity index (χ0v) is 13.9. The molecule has 126 valence electrons. The Balaban J connectivity index is 1.43. The third kappa shape index (κ3) is 2.87. The molecule has 0 aliphatic carbocycles. The van der Waals surface area contributed by atoms with E-state index in [1.165, 1.54) is 5.56 Å². The van der Waals surface area contributed by atoms with Gasteiger partial charge in [0, 0.05) is 30.6 Å². The Hall–Kier alpha value is -2.40. The molecule has 0 aromatic heterocycles. The average molecular weight is 327 g/mol. The van der Waals surface area contributed by atoms with Gasteiger partial charge in [-0.05, 0) is 36.8 Å². The van der Waals surface area contributed by atoms with Crippen LogP contribution in [0.3, 0.4) is 0 Å². The first-order chi connectivity index (χ1) is 11.7. The van der Waals surface area contributed by atoms with Crippen molar-refractivity contribution in [1.29, 1.82) is 0 Å². The molecule has 0 saturated heterocycles. The molecule has 5 nitrogen and oxygen atoms in total. The van der Waals surface area contributed by atoms with Gasteiger partial charge in [0.1, 0.15) is 17.6 Å². The molecule has 0 bridgehead atoms. The minimum absolute atomic E-state index is 0.238. The van der Waals surface area contributed by atoms with Crippen LogP contribution in [0.25, 0.3) is 0 Å². The summed E-state index contributed by atoms with van der Waals surface area (Å²) in [6.45, 7) is 3.85. The van der Waals surface area contributed by atoms with Gasteiger partial charge in [-0.25, -0.2) is 0 Å². The second-order valence-electron chi connectivity index (χ2n) is 6.20. The molecule has 24 heavy (non-hydrogen) atoms. The van der Waals surface area contributed by atoms with E-state index >= 15 is 0 Å². The summed E-state index contributed by atoms with van der Waals surface area (Å²) in [5.41, 5.74) is 3.48. The van der Waals surface area contributed by atoms with Crippen LogP contribution in [0.4, 0.5) is 0 Å². The summed E-state index contributed by atoms with van der Waals surface area (Å²) in [7, 11) is 1.71. The number of benzene rings is 2. The van der Waals surface area contributed by atoms with Crippen LogP contribution >= 0.6 is 0 Å². The van der Waals surface area contributed by atoms with E-state index < -0.39 is 0 Å². The monoisotopic (exact) mass is 327 g/mol. The van der Waals surface area contributed by atoms with Crippen molar-refractivity contribution in [3.63, 3.8) is 0 Å². The molecule has 2 aromatic rings. The third-order valence-corrected chi connectivity index (χ3v) is 4.38. The SMILES string of the molecule is COc1cc2c(cc1CNCc1ccc3c(c1)OCO3)O[C@H](C)C2. The number of ether oxygens (including phenoxy) is 4. The number of fused-ring (bicyclic) bond motifs is 2. The predicted molar refractivity (Wildman–Crippen MR) is 89.9 cm³/mol. The van der Waals surface area contributed by atoms with Gasteiger partial charge in [-0.2, -0.15) is 0 Å². The molecule has 5 heteroatoms. The summed E-state index contributed by atoms with van der Waals surface area (Å²) in [6.07, 6.45) is 1.18. The van der Waals surface area contributed by atoms with Crippen molar-refractivity contribution in [1.82, 2.24) is 5.32 Å². The summed E-state index contributed by atoms with van der Waals surface area (Å²) < 4.78 is 22.1. The standard InChI is InChI=1S/C19H21NO4/c1-12-5-14-7-17(21-2)15(8-18(14)24-12)10-20-9-13-3-4-16-19(6-13)23-11-22-16/h3-4,6-8,12,20H,5,9-11H2,1-2H3/t12-/m1/s1. The smallest absolute Gasteiger partial charge is 0.231 e. The van der Waals surface area contributed by atoms with Gasteiger partial charge in [0.15, 0.2) is 11.5 Å². The maximum Gasteiger partial charge on any atom is 0.231 e. The van der Waals surface area contributed by atoms with E-state index in [4.69, 9.17) is 18.9 Å². The highest BCUT2D eigenvalue weighted by atomic mass is 16.7. The van der Waals surface area contributed by atoms with Crippen LogP contribution in [-0.2, 0) is 19.5 Å². The average Bonchev–Trinajstić information content (AvgIpc) is 3.18. The fourth-order valence-electron chi connectivity index (χ4n) is 3.20. The van der Waals surface area contributed by atoms with Gasteiger partial charge in [-0.15, -0.1) is 0 Å². The summed E-state index contributed by atoms with van der Waals surface area (Å²) in [6, 6.07) is 10.2. The van der Waals surface area contributed by atoms with E-state index in [-0.39, 0.29) is 6.10 Å². The first-order valence-corrected chi connectivity index (χ1v) is 8.18. The molecule has 1 N–H and O–H groups in total. The molecule has 0 spiro atoms. The van der Waals surface area contributed by atoms with E-state index in [0.717, 1.165) is 47.1 Å². The lowest BCUT2D eigenvalue weighted by Crippen LogP contribution is -2.13. The first-order valence-electron chi connectivity index (χ1n) is 8.18. The van der Waals surface area contributed by atoms with E-state index in [1.54, 1.807) is 7.11 Å². The highest BCUT2D eigenvalue weighted by Crippen LogP contribution is 2.35. The second-order valence-corrected chi connectivity index (χ2v) is 6.20. The molecule has 2 aliphatic rings. The Bertz CT molecular complexity index is 759. The quantitative estimate of drug-likeness (QED) is 0.915. The van der Waals surface area contributed by atoms with Crippen molar-refractivity contribution in [3.8, 4) is 23.0 Å². The predicted octanol–water partition coefficient (Wildman–Crippen LogP) is 3.04. The van der Waals surface area contributed by atoms with E-state index in [1.807, 2.05) is 18.2 Å². The van der Waals surface area contributed by atoms with Crippen molar-refractivity contribution in [3.05, 3.63) is 47.0 Å². The highest BCUT2D eigenvalue weighted by molar-refractivity contribution is 5.49. The van der Waals surface area contributed by atoms with Crippen molar-refractivity contribution in [2.45, 2.75) is 32.5 Å². The van der Waals surface area contributed by atoms with Gasteiger partial charge in [-0.3, -0.25) is 0 Å². The van der Waals surface area contributed by atoms with E-state index in [0.29, 0.717) is 13.3 Å². The Morgan fingerprint density at radius 2 is 1.96 bits per heavy atom. The molecule has 2 heterocycles. The Morgan fingerprint density at radius 3 is 2.83 bits per heavy atom. The Kier molecular flexibility index (Phi) is 3.94. The maximum atomic E-state index is 5.85. The Labute approximate surface area is 141 Å². The van der Waals surface area contributed by atoms with Gasteiger partial charge in [0.25, 0.3) is 0 Å². The molecule has 0 amide bonds. The molecule has 0 radical (unpaired) electrons. The van der Waals surface area contributed by atoms with Crippen LogP contribution in [0.2, 0.25) is 0 Å². The minimum Gasteiger partial charge on any atom is -0.496 e. The number of methoxy groups -OCH3 is 1. The molecule has 2 aliphatic heterocycles. The molecular formula is C19H21NO4. The van der Waals surface area contributed by atoms with Gasteiger partial charge in [0.05, 0.1) is 7.11 Å². The normalized spacial score (nSPS) is 17.5. The van der Waals surface area contributed by atoms with Crippen LogP contribution in [0.15, 0.2) is 30.3 Å². The fraction of sp³-hybridized carbons (Fsp3) is 0.368. The van der Waals surface area contributed by atoms with Gasteiger partial charge in [-0.1, -0.05) is 6.07 Å². The minimum atomic E-state index is 0.238. The summed E-state index contributed by atoms with van der Waals surface area (Å²) >= 11 is 0. The summed E-state index contributed by atoms with van der Waals surface area (Å²) in [5, 5.41) is 3.45. The Morgan fingerprint density at radius 1 is 1.08 bits per heavy atom. The molecule has 0 unspecified atom stereocenters. The molecule has 0 fully saturated rings. The third-order valence-electron chi connectivity index (χ3n) is 4.38. The number of rotatable bonds is 5. The maximum absolute atomic E-state index is 5.85. The van der Waals surface area contributed by atoms with Crippen molar-refractivity contribution >= 4 is 0 Å². The topological polar surface area (TPSA) is 49.0 Å². The van der Waals surface area contributed by atoms with Crippen molar-refractivity contribution in [2.75, 3.05) is 13.9 Å². The van der Waals surface area contributed by atoms with Crippen molar-refractivity contribution < 1.29 is 18.9 Å². The lowest BCUT2D eigenvalue weighted by molar-refractivity contribution is 0.174. The van der Waals surface area contributed by atoms with Crippen LogP contribution in [-0.4, -0.2) is 20.0 Å². The van der Waals surface area contributed by atoms with Gasteiger partial charge in [0.2, 0.25) is 6.79 Å². The van der Waals surface area contributed by atoms with Gasteiger partial charge < -0.3 is 24.3 Å². The molecule has 4 rings (SSSR count). The second kappa shape index (κ2) is 6.24. The number of hydrogen-bond acceptors (Lipinski definition) is 5. The van der Waals surface area contributed by atoms with Crippen LogP contribution < -0.4 is 24.3 Å². The summed E-state index contributed by atoms with van der Waals surface area (Å²) in [5.74, 6) is 3.50. The van der Waals surface area contributed by atoms with E-state index in [2.05, 4.69) is 24.4 Å². The number of nitrogens with one attached hydrogen (secondary N) is 1. The highest BCUT2D eigenvalue weighted by Gasteiger charge is 2.21. The zero-order chi connectivity index (χ0) is 16.5. The molecular weight excluding hydrogens is 306 g/mol. The van der Waals surface area contributed by atoms with Gasteiger partial charge >= 0.3 is 0 Å².